The number of aliphatic hydroxyl groups is 1. The molecule has 0 aliphatic carbocycles. The quantitative estimate of drug-likeness (QED) is 0.311. The minimum absolute atomic E-state index is 0.00855. The zero-order valence-electron chi connectivity index (χ0n) is 16.0. The minimum atomic E-state index is -0.734. The highest BCUT2D eigenvalue weighted by molar-refractivity contribution is 5.75. The van der Waals surface area contributed by atoms with Gasteiger partial charge in [-0.15, -0.1) is 0 Å². The number of ether oxygens (including phenoxy) is 1. The maximum Gasteiger partial charge on any atom is 0.323 e. The number of carbonyl (C=O) groups excluding carboxylic acids is 1. The number of rotatable bonds is 10. The van der Waals surface area contributed by atoms with Crippen LogP contribution >= 0.6 is 0 Å². The summed E-state index contributed by atoms with van der Waals surface area (Å²) in [6.45, 7) is 6.88. The molecule has 0 spiro atoms. The third-order valence-electron chi connectivity index (χ3n) is 3.96. The van der Waals surface area contributed by atoms with E-state index < -0.39 is 18.1 Å². The lowest BCUT2D eigenvalue weighted by Gasteiger charge is -2.23. The van der Waals surface area contributed by atoms with Gasteiger partial charge in [0.05, 0.1) is 6.10 Å². The molecule has 0 aliphatic heterocycles. The normalized spacial score (nSPS) is 14.1. The number of hydrogen-bond donors (Lipinski definition) is 5. The van der Waals surface area contributed by atoms with Crippen LogP contribution in [0.25, 0.3) is 0 Å². The summed E-state index contributed by atoms with van der Waals surface area (Å²) in [4.78, 5) is 11.9. The number of β-amino-alcohol motifs (C(OH)–C–C–N with tert-alkyl or cyclic N) is 1. The minimum Gasteiger partial charge on any atom is -0.508 e. The van der Waals surface area contributed by atoms with E-state index in [0.717, 1.165) is 12.8 Å². The second kappa shape index (κ2) is 10.5. The maximum absolute atomic E-state index is 11.9. The van der Waals surface area contributed by atoms with Crippen molar-refractivity contribution in [2.75, 3.05) is 13.1 Å². The summed E-state index contributed by atoms with van der Waals surface area (Å²) in [5, 5.41) is 23.5. The van der Waals surface area contributed by atoms with Crippen molar-refractivity contribution in [2.45, 2.75) is 64.3 Å². The Morgan fingerprint density at radius 3 is 2.62 bits per heavy atom. The number of aromatic hydroxyl groups is 1. The number of hydrogen-bond acceptors (Lipinski definition) is 7. The van der Waals surface area contributed by atoms with Crippen molar-refractivity contribution in [3.05, 3.63) is 29.3 Å². The van der Waals surface area contributed by atoms with Crippen LogP contribution in [0.5, 0.6) is 5.75 Å². The van der Waals surface area contributed by atoms with E-state index >= 15 is 0 Å². The summed E-state index contributed by atoms with van der Waals surface area (Å²) in [6.07, 6.45) is 1.35. The average Bonchev–Trinajstić information content (AvgIpc) is 2.58. The van der Waals surface area contributed by atoms with Gasteiger partial charge in [-0.25, -0.2) is 0 Å². The second-order valence-corrected chi connectivity index (χ2v) is 7.53. The van der Waals surface area contributed by atoms with Crippen LogP contribution in [0.15, 0.2) is 18.2 Å². The molecule has 0 amide bonds. The number of benzene rings is 1. The van der Waals surface area contributed by atoms with Crippen molar-refractivity contribution >= 4 is 5.97 Å². The van der Waals surface area contributed by atoms with Crippen molar-refractivity contribution in [1.29, 1.82) is 0 Å². The Morgan fingerprint density at radius 1 is 1.31 bits per heavy atom. The van der Waals surface area contributed by atoms with E-state index in [9.17, 15) is 15.0 Å². The molecule has 0 aromatic heterocycles. The van der Waals surface area contributed by atoms with Gasteiger partial charge in [-0.2, -0.15) is 0 Å². The molecule has 7 nitrogen and oxygen atoms in total. The fourth-order valence-corrected chi connectivity index (χ4v) is 2.33. The van der Waals surface area contributed by atoms with Crippen molar-refractivity contribution in [3.63, 3.8) is 0 Å². The molecule has 2 atom stereocenters. The van der Waals surface area contributed by atoms with Gasteiger partial charge in [0.15, 0.2) is 0 Å². The van der Waals surface area contributed by atoms with Crippen LogP contribution in [0.2, 0.25) is 0 Å². The lowest BCUT2D eigenvalue weighted by atomic mass is 10.0. The largest absolute Gasteiger partial charge is 0.508 e. The van der Waals surface area contributed by atoms with E-state index in [1.165, 1.54) is 6.07 Å². The van der Waals surface area contributed by atoms with Crippen molar-refractivity contribution in [2.24, 2.45) is 11.5 Å². The van der Waals surface area contributed by atoms with Crippen LogP contribution in [0.1, 0.15) is 57.3 Å². The van der Waals surface area contributed by atoms with Crippen LogP contribution < -0.4 is 16.8 Å². The SMILES string of the molecule is CC(C)(C)NCC(O)c1ccc(O)c(COC(=O)[C@@H](N)CCCCN)c1. The number of carbonyl (C=O) groups is 1. The number of phenolic OH excluding ortho intramolecular Hbond substituents is 1. The monoisotopic (exact) mass is 367 g/mol. The molecule has 1 aromatic rings. The van der Waals surface area contributed by atoms with E-state index in [1.54, 1.807) is 12.1 Å². The fourth-order valence-electron chi connectivity index (χ4n) is 2.33. The Kier molecular flexibility index (Phi) is 9.01. The van der Waals surface area contributed by atoms with E-state index in [4.69, 9.17) is 16.2 Å². The van der Waals surface area contributed by atoms with E-state index in [1.807, 2.05) is 20.8 Å². The predicted molar refractivity (Wildman–Crippen MR) is 101 cm³/mol. The summed E-state index contributed by atoms with van der Waals surface area (Å²) in [7, 11) is 0. The number of aliphatic hydroxyl groups excluding tert-OH is 1. The molecule has 0 radical (unpaired) electrons. The molecule has 7 heteroatoms. The maximum atomic E-state index is 11.9. The first-order valence-electron chi connectivity index (χ1n) is 9.01. The molecular weight excluding hydrogens is 334 g/mol. The van der Waals surface area contributed by atoms with Gasteiger partial charge < -0.3 is 31.7 Å². The van der Waals surface area contributed by atoms with Gasteiger partial charge in [0.25, 0.3) is 0 Å². The molecule has 148 valence electrons. The number of unbranched alkanes of at least 4 members (excludes halogenated alkanes) is 1. The van der Waals surface area contributed by atoms with Crippen LogP contribution in [0.3, 0.4) is 0 Å². The molecule has 0 bridgehead atoms. The predicted octanol–water partition coefficient (Wildman–Crippen LogP) is 1.31. The molecule has 1 rings (SSSR count). The lowest BCUT2D eigenvalue weighted by Crippen LogP contribution is -2.38. The van der Waals surface area contributed by atoms with Gasteiger partial charge in [-0.3, -0.25) is 4.79 Å². The van der Waals surface area contributed by atoms with Crippen LogP contribution in [0.4, 0.5) is 0 Å². The van der Waals surface area contributed by atoms with Gasteiger partial charge in [0, 0.05) is 17.6 Å². The number of nitrogens with one attached hydrogen (secondary N) is 1. The van der Waals surface area contributed by atoms with Gasteiger partial charge in [0.2, 0.25) is 0 Å². The molecule has 1 unspecified atom stereocenters. The van der Waals surface area contributed by atoms with Crippen LogP contribution in [0, 0.1) is 0 Å². The fraction of sp³-hybridized carbons (Fsp3) is 0.632. The summed E-state index contributed by atoms with van der Waals surface area (Å²) < 4.78 is 5.20. The Labute approximate surface area is 155 Å². The average molecular weight is 367 g/mol. The van der Waals surface area contributed by atoms with Gasteiger partial charge in [0.1, 0.15) is 18.4 Å². The van der Waals surface area contributed by atoms with E-state index in [-0.39, 0.29) is 17.9 Å². The molecule has 0 fully saturated rings. The van der Waals surface area contributed by atoms with E-state index in [0.29, 0.717) is 30.6 Å². The first-order valence-corrected chi connectivity index (χ1v) is 9.01. The Morgan fingerprint density at radius 2 is 2.00 bits per heavy atom. The van der Waals surface area contributed by atoms with Crippen molar-refractivity contribution < 1.29 is 19.7 Å². The Bertz CT molecular complexity index is 572. The van der Waals surface area contributed by atoms with Crippen molar-refractivity contribution in [3.8, 4) is 5.75 Å². The zero-order chi connectivity index (χ0) is 19.7. The highest BCUT2D eigenvalue weighted by Gasteiger charge is 2.17. The number of phenols is 1. The summed E-state index contributed by atoms with van der Waals surface area (Å²) in [5.74, 6) is -0.504. The lowest BCUT2D eigenvalue weighted by molar-refractivity contribution is -0.146. The first kappa shape index (κ1) is 22.4. The number of esters is 1. The van der Waals surface area contributed by atoms with Crippen LogP contribution in [-0.4, -0.2) is 40.9 Å². The smallest absolute Gasteiger partial charge is 0.323 e. The standard InChI is InChI=1S/C19H33N3O4/c1-19(2,3)22-11-17(24)13-7-8-16(23)14(10-13)12-26-18(25)15(21)6-4-5-9-20/h7-8,10,15,17,22-24H,4-6,9,11-12,20-21H2,1-3H3/t15-,17?/m0/s1. The Balaban J connectivity index is 2.62. The molecule has 7 N–H and O–H groups in total. The third kappa shape index (κ3) is 8.14. The third-order valence-corrected chi connectivity index (χ3v) is 3.96. The molecule has 0 saturated heterocycles. The molecule has 1 aromatic carbocycles. The van der Waals surface area contributed by atoms with Gasteiger partial charge in [-0.1, -0.05) is 12.5 Å². The van der Waals surface area contributed by atoms with Gasteiger partial charge >= 0.3 is 5.97 Å². The van der Waals surface area contributed by atoms with Crippen molar-refractivity contribution in [1.82, 2.24) is 5.32 Å². The second-order valence-electron chi connectivity index (χ2n) is 7.53. The summed E-state index contributed by atoms with van der Waals surface area (Å²) in [6, 6.07) is 4.07. The molecule has 0 saturated carbocycles. The molecule has 26 heavy (non-hydrogen) atoms. The highest BCUT2D eigenvalue weighted by atomic mass is 16.5. The Hall–Kier alpha value is -1.67. The zero-order valence-corrected chi connectivity index (χ0v) is 16.0. The molecule has 0 aliphatic rings. The number of nitrogens with two attached hydrogens (primary N) is 2. The first-order chi connectivity index (χ1) is 12.1. The summed E-state index contributed by atoms with van der Waals surface area (Å²) in [5.41, 5.74) is 12.2. The highest BCUT2D eigenvalue weighted by Crippen LogP contribution is 2.23. The van der Waals surface area contributed by atoms with E-state index in [2.05, 4.69) is 5.32 Å². The van der Waals surface area contributed by atoms with Crippen LogP contribution in [-0.2, 0) is 16.1 Å². The van der Waals surface area contributed by atoms with Gasteiger partial charge in [-0.05, 0) is 57.9 Å². The molecular formula is C19H33N3O4. The topological polar surface area (TPSA) is 131 Å². The molecule has 0 heterocycles. The summed E-state index contributed by atoms with van der Waals surface area (Å²) >= 11 is 0.